The lowest BCUT2D eigenvalue weighted by Gasteiger charge is -2.45. The van der Waals surface area contributed by atoms with Crippen LogP contribution in [0.4, 0.5) is 14.4 Å². The first-order valence-electron chi connectivity index (χ1n) is 14.7. The predicted molar refractivity (Wildman–Crippen MR) is 162 cm³/mol. The van der Waals surface area contributed by atoms with Crippen molar-refractivity contribution in [1.82, 2.24) is 19.8 Å². The van der Waals surface area contributed by atoms with Crippen molar-refractivity contribution in [3.05, 3.63) is 35.9 Å². The summed E-state index contributed by atoms with van der Waals surface area (Å²) in [6, 6.07) is 10.0. The van der Waals surface area contributed by atoms with Crippen LogP contribution in [-0.2, 0) is 30.5 Å². The molecule has 3 saturated heterocycles. The maximum absolute atomic E-state index is 12.3. The quantitative estimate of drug-likeness (QED) is 0.437. The van der Waals surface area contributed by atoms with Gasteiger partial charge in [0.25, 0.3) is 0 Å². The second kappa shape index (κ2) is 16.1. The summed E-state index contributed by atoms with van der Waals surface area (Å²) in [4.78, 5) is 66.3. The Balaban J connectivity index is 0.000000293. The number of primary amides is 2. The number of nitrogens with zero attached hydrogens (tertiary/aromatic N) is 4. The first kappa shape index (κ1) is 36.1. The van der Waals surface area contributed by atoms with E-state index in [1.165, 1.54) is 9.80 Å². The Morgan fingerprint density at radius 1 is 1.00 bits per heavy atom. The van der Waals surface area contributed by atoms with Gasteiger partial charge in [0.2, 0.25) is 12.3 Å². The third-order valence-electron chi connectivity index (χ3n) is 6.58. The minimum atomic E-state index is -0.642. The van der Waals surface area contributed by atoms with Crippen LogP contribution in [0.2, 0.25) is 0 Å². The van der Waals surface area contributed by atoms with E-state index in [1.807, 2.05) is 35.2 Å². The maximum atomic E-state index is 12.3. The molecule has 3 fully saturated rings. The van der Waals surface area contributed by atoms with Crippen molar-refractivity contribution in [2.24, 2.45) is 11.5 Å². The van der Waals surface area contributed by atoms with E-state index in [4.69, 9.17) is 24.8 Å². The van der Waals surface area contributed by atoms with Crippen LogP contribution in [0.5, 0.6) is 0 Å². The molecule has 44 heavy (non-hydrogen) atoms. The number of rotatable bonds is 7. The van der Waals surface area contributed by atoms with E-state index in [9.17, 15) is 19.2 Å². The van der Waals surface area contributed by atoms with Gasteiger partial charge in [0.15, 0.2) is 0 Å². The summed E-state index contributed by atoms with van der Waals surface area (Å²) in [5.41, 5.74) is 9.22. The summed E-state index contributed by atoms with van der Waals surface area (Å²) in [6.45, 7) is 13.7. The van der Waals surface area contributed by atoms with Crippen LogP contribution < -0.4 is 11.5 Å². The molecule has 1 aromatic rings. The Morgan fingerprint density at radius 2 is 1.59 bits per heavy atom. The van der Waals surface area contributed by atoms with Crippen molar-refractivity contribution in [2.45, 2.75) is 90.7 Å². The Kier molecular flexibility index (Phi) is 13.2. The molecule has 3 aliphatic rings. The first-order chi connectivity index (χ1) is 20.5. The van der Waals surface area contributed by atoms with E-state index in [1.54, 1.807) is 46.6 Å². The molecule has 6 amide bonds. The first-order valence-corrected chi connectivity index (χ1v) is 14.7. The van der Waals surface area contributed by atoms with Gasteiger partial charge in [0.1, 0.15) is 17.8 Å². The molecule has 1 aromatic carbocycles. The SMILES string of the molecule is CC(C)(C)OC(=O)N1CC(N(CCC(N)=O)C(=O)OC(C)(C)C)C1.NC=O.O=C1N2CCCC(C2)N1OCc1ccccc1. The van der Waals surface area contributed by atoms with Gasteiger partial charge in [-0.2, -0.15) is 5.06 Å². The number of nitrogens with two attached hydrogens (primary N) is 2. The number of urea groups is 1. The summed E-state index contributed by atoms with van der Waals surface area (Å²) in [7, 11) is 0. The van der Waals surface area contributed by atoms with Gasteiger partial charge < -0.3 is 35.6 Å². The molecule has 0 spiro atoms. The number of piperidine rings is 1. The van der Waals surface area contributed by atoms with Crippen LogP contribution in [0, 0.1) is 0 Å². The summed E-state index contributed by atoms with van der Waals surface area (Å²) >= 11 is 0. The minimum Gasteiger partial charge on any atom is -0.444 e. The number of hydrogen-bond acceptors (Lipinski definition) is 8. The van der Waals surface area contributed by atoms with Crippen LogP contribution >= 0.6 is 0 Å². The number of hydrogen-bond donors (Lipinski definition) is 2. The van der Waals surface area contributed by atoms with Crippen molar-refractivity contribution in [3.8, 4) is 0 Å². The molecule has 2 bridgehead atoms. The van der Waals surface area contributed by atoms with Crippen molar-refractivity contribution in [2.75, 3.05) is 32.7 Å². The van der Waals surface area contributed by atoms with Crippen LogP contribution in [0.15, 0.2) is 30.3 Å². The molecule has 0 aliphatic carbocycles. The summed E-state index contributed by atoms with van der Waals surface area (Å²) < 4.78 is 10.7. The Bertz CT molecular complexity index is 1110. The molecule has 1 unspecified atom stereocenters. The molecule has 0 radical (unpaired) electrons. The molecule has 4 N–H and O–H groups in total. The van der Waals surface area contributed by atoms with E-state index in [2.05, 4.69) is 5.73 Å². The second-order valence-corrected chi connectivity index (χ2v) is 12.7. The van der Waals surface area contributed by atoms with Gasteiger partial charge in [0, 0.05) is 39.1 Å². The van der Waals surface area contributed by atoms with Crippen molar-refractivity contribution in [3.63, 3.8) is 0 Å². The smallest absolute Gasteiger partial charge is 0.410 e. The second-order valence-electron chi connectivity index (χ2n) is 12.7. The molecular weight excluding hydrogens is 572 g/mol. The number of likely N-dealkylation sites (tertiary alicyclic amines) is 1. The minimum absolute atomic E-state index is 0.0310. The van der Waals surface area contributed by atoms with Gasteiger partial charge >= 0.3 is 18.2 Å². The number of amides is 6. The molecule has 3 aliphatic heterocycles. The van der Waals surface area contributed by atoms with Crippen molar-refractivity contribution >= 4 is 30.5 Å². The molecule has 4 rings (SSSR count). The van der Waals surface area contributed by atoms with Gasteiger partial charge in [-0.05, 0) is 59.9 Å². The van der Waals surface area contributed by atoms with Gasteiger partial charge in [-0.25, -0.2) is 14.4 Å². The summed E-state index contributed by atoms with van der Waals surface area (Å²) in [6.07, 6.45) is 1.50. The highest BCUT2D eigenvalue weighted by atomic mass is 16.7. The fourth-order valence-corrected chi connectivity index (χ4v) is 4.60. The van der Waals surface area contributed by atoms with E-state index in [-0.39, 0.29) is 37.5 Å². The lowest BCUT2D eigenvalue weighted by Crippen LogP contribution is -2.63. The normalized spacial score (nSPS) is 17.7. The van der Waals surface area contributed by atoms with Gasteiger partial charge in [0.05, 0.1) is 12.1 Å². The topological polar surface area (TPSA) is 178 Å². The van der Waals surface area contributed by atoms with Crippen LogP contribution in [-0.4, -0.2) is 106 Å². The fourth-order valence-electron chi connectivity index (χ4n) is 4.60. The van der Waals surface area contributed by atoms with Gasteiger partial charge in [-0.1, -0.05) is 30.3 Å². The van der Waals surface area contributed by atoms with Crippen LogP contribution in [0.3, 0.4) is 0 Å². The van der Waals surface area contributed by atoms with E-state index >= 15 is 0 Å². The number of ether oxygens (including phenoxy) is 2. The number of carbonyl (C=O) groups is 5. The standard InChI is InChI=1S/C16H29N3O5.C13H16N2O2.CH3NO/c1-15(2,3)23-13(21)18-9-11(10-18)19(8-7-12(17)20)14(22)24-16(4,5)6;16-13-14-8-4-7-12(9-14)15(13)17-10-11-5-2-1-3-6-11;2-1-3/h11H,7-10H2,1-6H3,(H2,17,20);1-3,5-6,12H,4,7-10H2;1H,(H2,2,3). The monoisotopic (exact) mass is 620 g/mol. The number of carbonyl (C=O) groups excluding carboxylic acids is 5. The zero-order valence-corrected chi connectivity index (χ0v) is 26.7. The highest BCUT2D eigenvalue weighted by Crippen LogP contribution is 2.26. The molecule has 14 nitrogen and oxygen atoms in total. The average Bonchev–Trinajstić information content (AvgIpc) is 3.09. The third kappa shape index (κ3) is 11.9. The predicted octanol–water partition coefficient (Wildman–Crippen LogP) is 2.84. The van der Waals surface area contributed by atoms with E-state index < -0.39 is 29.3 Å². The van der Waals surface area contributed by atoms with Crippen molar-refractivity contribution in [1.29, 1.82) is 0 Å². The molecule has 3 heterocycles. The zero-order valence-electron chi connectivity index (χ0n) is 26.7. The van der Waals surface area contributed by atoms with E-state index in [0.717, 1.165) is 31.5 Å². The molecule has 246 valence electrons. The summed E-state index contributed by atoms with van der Waals surface area (Å²) in [5.74, 6) is -0.494. The fraction of sp³-hybridized carbons (Fsp3) is 0.633. The lowest BCUT2D eigenvalue weighted by atomic mass is 10.1. The molecular formula is C30H48N6O8. The Hall–Kier alpha value is -4.07. The third-order valence-corrected chi connectivity index (χ3v) is 6.58. The molecule has 0 aromatic heterocycles. The van der Waals surface area contributed by atoms with Gasteiger partial charge in [-0.3, -0.25) is 14.4 Å². The van der Waals surface area contributed by atoms with E-state index in [0.29, 0.717) is 19.7 Å². The molecule has 1 atom stereocenters. The number of benzene rings is 1. The number of fused-ring (bicyclic) bond motifs is 2. The molecule has 0 saturated carbocycles. The summed E-state index contributed by atoms with van der Waals surface area (Å²) in [5, 5.41) is 1.57. The van der Waals surface area contributed by atoms with Crippen LogP contribution in [0.25, 0.3) is 0 Å². The highest BCUT2D eigenvalue weighted by Gasteiger charge is 2.41. The molecule has 14 heteroatoms. The van der Waals surface area contributed by atoms with Crippen LogP contribution in [0.1, 0.15) is 66.4 Å². The zero-order chi connectivity index (χ0) is 33.1. The maximum Gasteiger partial charge on any atom is 0.410 e. The Morgan fingerprint density at radius 3 is 2.11 bits per heavy atom. The Labute approximate surface area is 259 Å². The number of hydroxylamine groups is 2. The highest BCUT2D eigenvalue weighted by molar-refractivity contribution is 5.76. The largest absolute Gasteiger partial charge is 0.444 e. The lowest BCUT2D eigenvalue weighted by molar-refractivity contribution is -0.140. The van der Waals surface area contributed by atoms with Crippen molar-refractivity contribution < 1.29 is 38.3 Å². The van der Waals surface area contributed by atoms with Gasteiger partial charge in [-0.15, -0.1) is 0 Å². The average molecular weight is 621 g/mol.